The maximum absolute atomic E-state index is 13.4. The van der Waals surface area contributed by atoms with E-state index in [0.717, 1.165) is 16.8 Å². The van der Waals surface area contributed by atoms with E-state index in [1.807, 2.05) is 30.9 Å². The molecular formula is C21H31N3O5S. The Morgan fingerprint density at radius 1 is 1.17 bits per heavy atom. The fourth-order valence-corrected chi connectivity index (χ4v) is 5.36. The van der Waals surface area contributed by atoms with Crippen molar-refractivity contribution < 1.29 is 23.2 Å². The van der Waals surface area contributed by atoms with Gasteiger partial charge in [0.05, 0.1) is 22.3 Å². The first-order chi connectivity index (χ1) is 13.9. The number of β-amino-alcohol motifs (C(OH)–C–C–N with tert-alkyl or cyclic N) is 1. The molecule has 0 aliphatic carbocycles. The van der Waals surface area contributed by atoms with Gasteiger partial charge in [-0.05, 0) is 51.8 Å². The van der Waals surface area contributed by atoms with Gasteiger partial charge in [-0.1, -0.05) is 17.3 Å². The van der Waals surface area contributed by atoms with E-state index in [-0.39, 0.29) is 4.90 Å². The quantitative estimate of drug-likeness (QED) is 0.708. The lowest BCUT2D eigenvalue weighted by atomic mass is 10.0. The number of piperazine rings is 1. The number of rotatable bonds is 6. The Hall–Kier alpha value is -1.78. The maximum atomic E-state index is 13.4. The molecule has 1 aliphatic rings. The molecule has 0 amide bonds. The second kappa shape index (κ2) is 8.39. The van der Waals surface area contributed by atoms with Crippen molar-refractivity contribution in [1.82, 2.24) is 14.4 Å². The number of hydrogen-bond acceptors (Lipinski definition) is 7. The van der Waals surface area contributed by atoms with Crippen LogP contribution in [0.25, 0.3) is 11.1 Å². The largest absolute Gasteiger partial charge is 0.389 e. The molecule has 2 aromatic rings. The van der Waals surface area contributed by atoms with Crippen molar-refractivity contribution in [3.8, 4) is 11.1 Å². The highest BCUT2D eigenvalue weighted by Gasteiger charge is 2.33. The zero-order chi connectivity index (χ0) is 22.3. The lowest BCUT2D eigenvalue weighted by Gasteiger charge is -2.37. The molecule has 0 bridgehead atoms. The number of nitrogens with zero attached hydrogens (tertiary/aromatic N) is 3. The standard InChI is InChI=1S/C21H31N3O5S/c1-14-6-7-17(20-15(2)22-29-16(20)3)12-18(14)30(27,28)24-10-8-23(9-11-24)13-19(25)21(4,5)26/h6-7,12,19,25-26H,8-11,13H2,1-5H3. The monoisotopic (exact) mass is 437 g/mol. The van der Waals surface area contributed by atoms with Gasteiger partial charge < -0.3 is 14.7 Å². The molecule has 2 N–H and O–H groups in total. The molecule has 1 aromatic heterocycles. The van der Waals surface area contributed by atoms with Crippen LogP contribution >= 0.6 is 0 Å². The molecule has 2 heterocycles. The van der Waals surface area contributed by atoms with E-state index in [1.165, 1.54) is 4.31 Å². The predicted octanol–water partition coefficient (Wildman–Crippen LogP) is 1.70. The van der Waals surface area contributed by atoms with Crippen molar-refractivity contribution in [1.29, 1.82) is 0 Å². The van der Waals surface area contributed by atoms with E-state index in [2.05, 4.69) is 5.16 Å². The lowest BCUT2D eigenvalue weighted by Crippen LogP contribution is -2.53. The van der Waals surface area contributed by atoms with Gasteiger partial charge in [-0.25, -0.2) is 8.42 Å². The average Bonchev–Trinajstić information content (AvgIpc) is 3.00. The number of sulfonamides is 1. The van der Waals surface area contributed by atoms with Crippen LogP contribution in [-0.4, -0.2) is 77.4 Å². The molecule has 1 fully saturated rings. The summed E-state index contributed by atoms with van der Waals surface area (Å²) in [7, 11) is -3.67. The summed E-state index contributed by atoms with van der Waals surface area (Å²) >= 11 is 0. The number of aliphatic hydroxyl groups is 2. The van der Waals surface area contributed by atoms with Crippen LogP contribution < -0.4 is 0 Å². The van der Waals surface area contributed by atoms with Crippen LogP contribution in [0.3, 0.4) is 0 Å². The molecule has 9 heteroatoms. The smallest absolute Gasteiger partial charge is 0.243 e. The first kappa shape index (κ1) is 22.9. The molecule has 0 spiro atoms. The Balaban J connectivity index is 1.79. The molecule has 1 unspecified atom stereocenters. The first-order valence-electron chi connectivity index (χ1n) is 10.1. The second-order valence-corrected chi connectivity index (χ2v) is 10.5. The molecule has 1 atom stereocenters. The molecule has 8 nitrogen and oxygen atoms in total. The fourth-order valence-electron chi connectivity index (χ4n) is 3.69. The molecule has 1 saturated heterocycles. The van der Waals surface area contributed by atoms with Gasteiger partial charge in [0, 0.05) is 38.3 Å². The molecule has 0 saturated carbocycles. The van der Waals surface area contributed by atoms with E-state index >= 15 is 0 Å². The number of aryl methyl sites for hydroxylation is 3. The molecule has 1 aromatic carbocycles. The van der Waals surface area contributed by atoms with E-state index < -0.39 is 21.7 Å². The third-order valence-corrected chi connectivity index (χ3v) is 7.75. The highest BCUT2D eigenvalue weighted by atomic mass is 32.2. The third-order valence-electron chi connectivity index (χ3n) is 5.71. The number of benzene rings is 1. The summed E-state index contributed by atoms with van der Waals surface area (Å²) in [6.07, 6.45) is -0.894. The lowest BCUT2D eigenvalue weighted by molar-refractivity contribution is -0.0640. The van der Waals surface area contributed by atoms with Crippen molar-refractivity contribution >= 4 is 10.0 Å². The van der Waals surface area contributed by atoms with Crippen molar-refractivity contribution in [2.45, 2.75) is 51.2 Å². The van der Waals surface area contributed by atoms with Crippen LogP contribution in [0.1, 0.15) is 30.9 Å². The van der Waals surface area contributed by atoms with Crippen molar-refractivity contribution in [2.24, 2.45) is 0 Å². The van der Waals surface area contributed by atoms with Gasteiger partial charge in [-0.15, -0.1) is 0 Å². The summed E-state index contributed by atoms with van der Waals surface area (Å²) in [6, 6.07) is 5.39. The molecule has 166 valence electrons. The minimum absolute atomic E-state index is 0.282. The minimum atomic E-state index is -3.67. The average molecular weight is 438 g/mol. The van der Waals surface area contributed by atoms with Gasteiger partial charge in [-0.2, -0.15) is 4.31 Å². The molecule has 3 rings (SSSR count). The van der Waals surface area contributed by atoms with Gasteiger partial charge in [0.15, 0.2) is 0 Å². The Bertz CT molecular complexity index is 983. The van der Waals surface area contributed by atoms with Crippen LogP contribution in [0.4, 0.5) is 0 Å². The zero-order valence-electron chi connectivity index (χ0n) is 18.2. The van der Waals surface area contributed by atoms with Crippen LogP contribution in [0.2, 0.25) is 0 Å². The normalized spacial score (nSPS) is 18.0. The van der Waals surface area contributed by atoms with Gasteiger partial charge in [0.25, 0.3) is 0 Å². The van der Waals surface area contributed by atoms with Gasteiger partial charge in [0.1, 0.15) is 5.76 Å². The fraction of sp³-hybridized carbons (Fsp3) is 0.571. The molecule has 0 radical (unpaired) electrons. The van der Waals surface area contributed by atoms with Gasteiger partial charge >= 0.3 is 0 Å². The predicted molar refractivity (Wildman–Crippen MR) is 114 cm³/mol. The Labute approximate surface area is 178 Å². The molecular weight excluding hydrogens is 406 g/mol. The minimum Gasteiger partial charge on any atom is -0.389 e. The Kier molecular flexibility index (Phi) is 6.41. The second-order valence-electron chi connectivity index (χ2n) is 8.55. The highest BCUT2D eigenvalue weighted by Crippen LogP contribution is 2.31. The van der Waals surface area contributed by atoms with E-state index in [4.69, 9.17) is 4.52 Å². The summed E-state index contributed by atoms with van der Waals surface area (Å²) in [5.41, 5.74) is 1.79. The third kappa shape index (κ3) is 4.60. The van der Waals surface area contributed by atoms with Crippen LogP contribution in [0, 0.1) is 20.8 Å². The topological polar surface area (TPSA) is 107 Å². The SMILES string of the molecule is Cc1ccc(-c2c(C)noc2C)cc1S(=O)(=O)N1CCN(CC(O)C(C)(C)O)CC1. The van der Waals surface area contributed by atoms with Crippen molar-refractivity contribution in [3.05, 3.63) is 35.2 Å². The zero-order valence-corrected chi connectivity index (χ0v) is 19.0. The maximum Gasteiger partial charge on any atom is 0.243 e. The summed E-state index contributed by atoms with van der Waals surface area (Å²) in [5.74, 6) is 0.652. The van der Waals surface area contributed by atoms with Gasteiger partial charge in [0.2, 0.25) is 10.0 Å². The van der Waals surface area contributed by atoms with Gasteiger partial charge in [-0.3, -0.25) is 4.90 Å². The summed E-state index contributed by atoms with van der Waals surface area (Å²) in [5, 5.41) is 24.0. The first-order valence-corrected chi connectivity index (χ1v) is 11.5. The van der Waals surface area contributed by atoms with E-state index in [9.17, 15) is 18.6 Å². The number of hydrogen-bond donors (Lipinski definition) is 2. The molecule has 30 heavy (non-hydrogen) atoms. The number of aliphatic hydroxyl groups excluding tert-OH is 1. The summed E-state index contributed by atoms with van der Waals surface area (Å²) in [6.45, 7) is 10.5. The highest BCUT2D eigenvalue weighted by molar-refractivity contribution is 7.89. The Morgan fingerprint density at radius 3 is 2.33 bits per heavy atom. The van der Waals surface area contributed by atoms with Crippen LogP contribution in [0.15, 0.2) is 27.6 Å². The summed E-state index contributed by atoms with van der Waals surface area (Å²) in [4.78, 5) is 2.26. The Morgan fingerprint density at radius 2 is 1.80 bits per heavy atom. The van der Waals surface area contributed by atoms with Crippen molar-refractivity contribution in [3.63, 3.8) is 0 Å². The number of aromatic nitrogens is 1. The summed E-state index contributed by atoms with van der Waals surface area (Å²) < 4.78 is 33.5. The molecule has 1 aliphatic heterocycles. The van der Waals surface area contributed by atoms with E-state index in [1.54, 1.807) is 26.8 Å². The van der Waals surface area contributed by atoms with Crippen LogP contribution in [0.5, 0.6) is 0 Å². The van der Waals surface area contributed by atoms with E-state index in [0.29, 0.717) is 44.0 Å². The van der Waals surface area contributed by atoms with Crippen LogP contribution in [-0.2, 0) is 10.0 Å². The van der Waals surface area contributed by atoms with Crippen molar-refractivity contribution in [2.75, 3.05) is 32.7 Å².